The van der Waals surface area contributed by atoms with E-state index in [0.717, 1.165) is 17.7 Å². The summed E-state index contributed by atoms with van der Waals surface area (Å²) in [4.78, 5) is 0. The van der Waals surface area contributed by atoms with Gasteiger partial charge in [-0.2, -0.15) is 13.2 Å². The maximum Gasteiger partial charge on any atom is 0.416 e. The van der Waals surface area contributed by atoms with Gasteiger partial charge in [-0.3, -0.25) is 0 Å². The summed E-state index contributed by atoms with van der Waals surface area (Å²) >= 11 is 11.2. The van der Waals surface area contributed by atoms with Crippen molar-refractivity contribution in [3.05, 3.63) is 64.2 Å². The number of hydrogen-bond donors (Lipinski definition) is 2. The number of aryl methyl sites for hydroxylation is 1. The minimum absolute atomic E-state index is 0.313. The highest BCUT2D eigenvalue weighted by molar-refractivity contribution is 7.80. The van der Waals surface area contributed by atoms with Gasteiger partial charge in [0.05, 0.1) is 16.3 Å². The maximum absolute atomic E-state index is 12.5. The molecule has 0 atom stereocenters. The van der Waals surface area contributed by atoms with E-state index in [-0.39, 0.29) is 0 Å². The normalized spacial score (nSPS) is 11.2. The smallest absolute Gasteiger partial charge is 0.358 e. The number of rotatable bonds is 3. The van der Waals surface area contributed by atoms with Crippen molar-refractivity contribution in [3.8, 4) is 0 Å². The minimum atomic E-state index is -4.33. The van der Waals surface area contributed by atoms with E-state index in [1.165, 1.54) is 12.1 Å². The fraction of sp³-hybridized carbons (Fsp3) is 0.188. The largest absolute Gasteiger partial charge is 0.416 e. The van der Waals surface area contributed by atoms with Gasteiger partial charge in [-0.05, 0) is 54.5 Å². The van der Waals surface area contributed by atoms with Crippen LogP contribution in [-0.2, 0) is 12.7 Å². The molecule has 0 heterocycles. The molecule has 0 spiro atoms. The predicted molar refractivity (Wildman–Crippen MR) is 90.7 cm³/mol. The van der Waals surface area contributed by atoms with Crippen LogP contribution >= 0.6 is 23.8 Å². The lowest BCUT2D eigenvalue weighted by molar-refractivity contribution is -0.137. The summed E-state index contributed by atoms with van der Waals surface area (Å²) in [6.07, 6.45) is -4.33. The molecule has 0 aliphatic carbocycles. The van der Waals surface area contributed by atoms with Crippen LogP contribution in [-0.4, -0.2) is 5.11 Å². The number of alkyl halides is 3. The van der Waals surface area contributed by atoms with Gasteiger partial charge >= 0.3 is 6.18 Å². The third-order valence-electron chi connectivity index (χ3n) is 3.11. The molecule has 0 radical (unpaired) electrons. The Morgan fingerprint density at radius 3 is 2.35 bits per heavy atom. The second-order valence-electron chi connectivity index (χ2n) is 4.99. The molecule has 0 aromatic heterocycles. The minimum Gasteiger partial charge on any atom is -0.358 e. The van der Waals surface area contributed by atoms with E-state index in [1.807, 2.05) is 25.1 Å². The fourth-order valence-corrected chi connectivity index (χ4v) is 2.35. The Hall–Kier alpha value is -1.79. The summed E-state index contributed by atoms with van der Waals surface area (Å²) in [6, 6.07) is 10.4. The third-order valence-corrected chi connectivity index (χ3v) is 3.67. The lowest BCUT2D eigenvalue weighted by atomic mass is 10.1. The number of thiocarbonyl (C=S) groups is 1. The second-order valence-corrected chi connectivity index (χ2v) is 5.80. The number of halogens is 4. The molecular weight excluding hydrogens is 345 g/mol. The van der Waals surface area contributed by atoms with Gasteiger partial charge in [0.15, 0.2) is 5.11 Å². The average Bonchev–Trinajstić information content (AvgIpc) is 2.47. The molecule has 0 unspecified atom stereocenters. The van der Waals surface area contributed by atoms with E-state index in [4.69, 9.17) is 23.8 Å². The highest BCUT2D eigenvalue weighted by Gasteiger charge is 2.29. The Balaban J connectivity index is 1.91. The molecule has 2 nitrogen and oxygen atoms in total. The summed E-state index contributed by atoms with van der Waals surface area (Å²) in [5.41, 5.74) is 1.72. The first-order chi connectivity index (χ1) is 10.8. The Morgan fingerprint density at radius 1 is 1.13 bits per heavy atom. The van der Waals surface area contributed by atoms with Gasteiger partial charge in [0.1, 0.15) is 0 Å². The Labute approximate surface area is 142 Å². The highest BCUT2D eigenvalue weighted by atomic mass is 35.5. The summed E-state index contributed by atoms with van der Waals surface area (Å²) in [5.74, 6) is 0. The van der Waals surface area contributed by atoms with Crippen molar-refractivity contribution >= 4 is 34.6 Å². The van der Waals surface area contributed by atoms with E-state index >= 15 is 0 Å². The lowest BCUT2D eigenvalue weighted by Gasteiger charge is -2.13. The molecule has 0 bridgehead atoms. The molecule has 0 amide bonds. The molecule has 0 saturated carbocycles. The molecular formula is C16H14ClF3N2S. The molecule has 0 aliphatic heterocycles. The summed E-state index contributed by atoms with van der Waals surface area (Å²) < 4.78 is 37.4. The Kier molecular flexibility index (Phi) is 5.49. The van der Waals surface area contributed by atoms with Gasteiger partial charge in [-0.15, -0.1) is 0 Å². The van der Waals surface area contributed by atoms with Crippen LogP contribution in [0.5, 0.6) is 0 Å². The first-order valence-electron chi connectivity index (χ1n) is 6.73. The van der Waals surface area contributed by atoms with Crippen molar-refractivity contribution in [3.63, 3.8) is 0 Å². The second kappa shape index (κ2) is 7.19. The summed E-state index contributed by atoms with van der Waals surface area (Å²) in [5, 5.41) is 6.77. The maximum atomic E-state index is 12.5. The molecule has 2 aromatic carbocycles. The van der Waals surface area contributed by atoms with E-state index in [9.17, 15) is 13.2 Å². The van der Waals surface area contributed by atoms with Crippen molar-refractivity contribution in [2.24, 2.45) is 0 Å². The molecule has 7 heteroatoms. The number of benzene rings is 2. The van der Waals surface area contributed by atoms with E-state index in [2.05, 4.69) is 10.6 Å². The zero-order valence-corrected chi connectivity index (χ0v) is 13.7. The quantitative estimate of drug-likeness (QED) is 0.742. The van der Waals surface area contributed by atoms with Crippen LogP contribution in [0.25, 0.3) is 0 Å². The van der Waals surface area contributed by atoms with Gasteiger partial charge in [0, 0.05) is 6.54 Å². The topological polar surface area (TPSA) is 24.1 Å². The predicted octanol–water partition coefficient (Wildman–Crippen LogP) is 5.15. The Bertz CT molecular complexity index is 699. The van der Waals surface area contributed by atoms with Crippen LogP contribution in [0.1, 0.15) is 16.7 Å². The standard InChI is InChI=1S/C16H14ClF3N2S/c1-10-2-7-14(13(17)8-10)22-15(23)21-9-11-3-5-12(6-4-11)16(18,19)20/h2-8H,9H2,1H3,(H2,21,22,23). The number of anilines is 1. The fourth-order valence-electron chi connectivity index (χ4n) is 1.88. The molecule has 0 saturated heterocycles. The molecule has 2 rings (SSSR count). The van der Waals surface area contributed by atoms with Crippen LogP contribution in [0.2, 0.25) is 5.02 Å². The average molecular weight is 359 g/mol. The lowest BCUT2D eigenvalue weighted by Crippen LogP contribution is -2.28. The molecule has 122 valence electrons. The highest BCUT2D eigenvalue weighted by Crippen LogP contribution is 2.29. The molecule has 2 aromatic rings. The molecule has 23 heavy (non-hydrogen) atoms. The van der Waals surface area contributed by atoms with Gasteiger partial charge in [0.25, 0.3) is 0 Å². The zero-order valence-electron chi connectivity index (χ0n) is 12.2. The SMILES string of the molecule is Cc1ccc(NC(=S)NCc2ccc(C(F)(F)F)cc2)c(Cl)c1. The monoisotopic (exact) mass is 358 g/mol. The molecule has 0 aliphatic rings. The van der Waals surface area contributed by atoms with Crippen molar-refractivity contribution in [2.45, 2.75) is 19.6 Å². The third kappa shape index (κ3) is 5.11. The van der Waals surface area contributed by atoms with Crippen LogP contribution in [0, 0.1) is 6.92 Å². The van der Waals surface area contributed by atoms with Crippen molar-refractivity contribution < 1.29 is 13.2 Å². The molecule has 2 N–H and O–H groups in total. The van der Waals surface area contributed by atoms with Crippen LogP contribution in [0.15, 0.2) is 42.5 Å². The first-order valence-corrected chi connectivity index (χ1v) is 7.51. The van der Waals surface area contributed by atoms with Gasteiger partial charge in [-0.1, -0.05) is 29.8 Å². The van der Waals surface area contributed by atoms with Crippen molar-refractivity contribution in [2.75, 3.05) is 5.32 Å². The van der Waals surface area contributed by atoms with E-state index in [1.54, 1.807) is 0 Å². The molecule has 0 fully saturated rings. The van der Waals surface area contributed by atoms with Crippen LogP contribution in [0.3, 0.4) is 0 Å². The van der Waals surface area contributed by atoms with E-state index < -0.39 is 11.7 Å². The summed E-state index contributed by atoms with van der Waals surface area (Å²) in [7, 11) is 0. The summed E-state index contributed by atoms with van der Waals surface area (Å²) in [6.45, 7) is 2.24. The number of hydrogen-bond acceptors (Lipinski definition) is 1. The Morgan fingerprint density at radius 2 is 1.78 bits per heavy atom. The van der Waals surface area contributed by atoms with Gasteiger partial charge in [-0.25, -0.2) is 0 Å². The van der Waals surface area contributed by atoms with E-state index in [0.29, 0.717) is 27.9 Å². The first kappa shape index (κ1) is 17.6. The van der Waals surface area contributed by atoms with Crippen LogP contribution < -0.4 is 10.6 Å². The van der Waals surface area contributed by atoms with Crippen molar-refractivity contribution in [1.29, 1.82) is 0 Å². The van der Waals surface area contributed by atoms with Crippen molar-refractivity contribution in [1.82, 2.24) is 5.32 Å². The van der Waals surface area contributed by atoms with Gasteiger partial charge < -0.3 is 10.6 Å². The number of nitrogens with one attached hydrogen (secondary N) is 2. The zero-order chi connectivity index (χ0) is 17.0. The van der Waals surface area contributed by atoms with Gasteiger partial charge in [0.2, 0.25) is 0 Å². The van der Waals surface area contributed by atoms with Crippen LogP contribution in [0.4, 0.5) is 18.9 Å².